The number of halogens is 2. The van der Waals surface area contributed by atoms with Crippen molar-refractivity contribution in [2.45, 2.75) is 6.42 Å². The number of rotatable bonds is 3. The highest BCUT2D eigenvalue weighted by Gasteiger charge is 2.09. The molecule has 0 spiro atoms. The summed E-state index contributed by atoms with van der Waals surface area (Å²) in [6, 6.07) is 5.34. The largest absolute Gasteiger partial charge is 0.348 e. The minimum atomic E-state index is -0.0762. The predicted octanol–water partition coefficient (Wildman–Crippen LogP) is 2.59. The molecule has 96 valence electrons. The van der Waals surface area contributed by atoms with Crippen molar-refractivity contribution in [1.29, 1.82) is 0 Å². The van der Waals surface area contributed by atoms with Crippen LogP contribution in [0.5, 0.6) is 0 Å². The maximum absolute atomic E-state index is 11.9. The third-order valence-electron chi connectivity index (χ3n) is 2.82. The Bertz CT molecular complexity index is 488. The summed E-state index contributed by atoms with van der Waals surface area (Å²) in [7, 11) is 0. The van der Waals surface area contributed by atoms with Gasteiger partial charge in [0.1, 0.15) is 0 Å². The van der Waals surface area contributed by atoms with E-state index in [-0.39, 0.29) is 5.91 Å². The summed E-state index contributed by atoms with van der Waals surface area (Å²) in [6.07, 6.45) is 3.12. The van der Waals surface area contributed by atoms with Crippen LogP contribution in [0.15, 0.2) is 29.8 Å². The summed E-state index contributed by atoms with van der Waals surface area (Å²) < 4.78 is 0.951. The van der Waals surface area contributed by atoms with Crippen molar-refractivity contribution in [2.75, 3.05) is 19.6 Å². The molecule has 1 aromatic rings. The van der Waals surface area contributed by atoms with Gasteiger partial charge in [-0.2, -0.15) is 0 Å². The molecule has 18 heavy (non-hydrogen) atoms. The minimum absolute atomic E-state index is 0.0762. The van der Waals surface area contributed by atoms with Crippen molar-refractivity contribution in [3.05, 3.63) is 44.0 Å². The zero-order valence-electron chi connectivity index (χ0n) is 9.80. The van der Waals surface area contributed by atoms with Gasteiger partial charge in [-0.05, 0) is 53.8 Å². The van der Waals surface area contributed by atoms with Crippen LogP contribution in [0.1, 0.15) is 16.8 Å². The highest BCUT2D eigenvalue weighted by atomic mass is 127. The molecule has 1 aliphatic rings. The van der Waals surface area contributed by atoms with Crippen LogP contribution in [0, 0.1) is 3.57 Å². The number of nitrogens with one attached hydrogen (secondary N) is 2. The molecule has 2 rings (SSSR count). The summed E-state index contributed by atoms with van der Waals surface area (Å²) in [6.45, 7) is 2.49. The molecule has 2 N–H and O–H groups in total. The van der Waals surface area contributed by atoms with Crippen LogP contribution in [0.4, 0.5) is 0 Å². The smallest absolute Gasteiger partial charge is 0.251 e. The molecular formula is C13H14ClIN2O. The normalized spacial score (nSPS) is 15.1. The Morgan fingerprint density at radius 1 is 1.50 bits per heavy atom. The first kappa shape index (κ1) is 13.8. The van der Waals surface area contributed by atoms with E-state index in [9.17, 15) is 4.79 Å². The van der Waals surface area contributed by atoms with Crippen molar-refractivity contribution < 1.29 is 4.79 Å². The van der Waals surface area contributed by atoms with Gasteiger partial charge in [-0.1, -0.05) is 23.3 Å². The molecule has 3 nitrogen and oxygen atoms in total. The third kappa shape index (κ3) is 3.70. The molecule has 0 saturated heterocycles. The maximum Gasteiger partial charge on any atom is 0.251 e. The number of hydrogen-bond donors (Lipinski definition) is 2. The van der Waals surface area contributed by atoms with E-state index in [2.05, 4.69) is 39.3 Å². The first-order valence-corrected chi connectivity index (χ1v) is 7.24. The number of benzene rings is 1. The summed E-state index contributed by atoms with van der Waals surface area (Å²) in [5.74, 6) is -0.0762. The number of carbonyl (C=O) groups is 1. The topological polar surface area (TPSA) is 41.1 Å². The lowest BCUT2D eigenvalue weighted by molar-refractivity contribution is 0.0956. The molecule has 1 amide bonds. The average molecular weight is 377 g/mol. The Hall–Kier alpha value is -0.590. The summed E-state index contributed by atoms with van der Waals surface area (Å²) in [5, 5.41) is 6.77. The molecule has 1 heterocycles. The van der Waals surface area contributed by atoms with Crippen molar-refractivity contribution in [3.8, 4) is 0 Å². The van der Waals surface area contributed by atoms with Gasteiger partial charge in [-0.15, -0.1) is 0 Å². The summed E-state index contributed by atoms with van der Waals surface area (Å²) in [4.78, 5) is 11.9. The highest BCUT2D eigenvalue weighted by molar-refractivity contribution is 14.1. The molecule has 0 radical (unpaired) electrons. The molecule has 0 atom stereocenters. The van der Waals surface area contributed by atoms with E-state index in [0.717, 1.165) is 23.1 Å². The van der Waals surface area contributed by atoms with Crippen molar-refractivity contribution in [3.63, 3.8) is 0 Å². The van der Waals surface area contributed by atoms with E-state index in [1.54, 1.807) is 12.1 Å². The van der Waals surface area contributed by atoms with Gasteiger partial charge in [-0.25, -0.2) is 0 Å². The second-order valence-corrected chi connectivity index (χ2v) is 5.70. The SMILES string of the molecule is O=C(NCC1=CCNCC1)c1ccc(I)c(Cl)c1. The van der Waals surface area contributed by atoms with E-state index in [0.29, 0.717) is 17.1 Å². The van der Waals surface area contributed by atoms with Gasteiger partial charge >= 0.3 is 0 Å². The van der Waals surface area contributed by atoms with Crippen LogP contribution in [0.2, 0.25) is 5.02 Å². The monoisotopic (exact) mass is 376 g/mol. The lowest BCUT2D eigenvalue weighted by Crippen LogP contribution is -2.29. The van der Waals surface area contributed by atoms with Gasteiger partial charge in [0.25, 0.3) is 5.91 Å². The van der Waals surface area contributed by atoms with Gasteiger partial charge in [0, 0.05) is 22.2 Å². The fourth-order valence-electron chi connectivity index (χ4n) is 1.76. The highest BCUT2D eigenvalue weighted by Crippen LogP contribution is 2.19. The number of carbonyl (C=O) groups excluding carboxylic acids is 1. The molecule has 0 saturated carbocycles. The Morgan fingerprint density at radius 2 is 2.33 bits per heavy atom. The molecule has 0 aliphatic carbocycles. The molecule has 1 aromatic carbocycles. The molecule has 0 bridgehead atoms. The van der Waals surface area contributed by atoms with Crippen LogP contribution in [-0.4, -0.2) is 25.5 Å². The van der Waals surface area contributed by atoms with E-state index in [4.69, 9.17) is 11.6 Å². The second kappa shape index (κ2) is 6.54. The number of hydrogen-bond acceptors (Lipinski definition) is 2. The van der Waals surface area contributed by atoms with Crippen LogP contribution < -0.4 is 10.6 Å². The summed E-state index contributed by atoms with van der Waals surface area (Å²) >= 11 is 8.14. The average Bonchev–Trinajstić information content (AvgIpc) is 2.40. The third-order valence-corrected chi connectivity index (χ3v) is 4.39. The maximum atomic E-state index is 11.9. The molecule has 0 unspecified atom stereocenters. The van der Waals surface area contributed by atoms with Gasteiger partial charge in [0.2, 0.25) is 0 Å². The van der Waals surface area contributed by atoms with E-state index < -0.39 is 0 Å². The lowest BCUT2D eigenvalue weighted by atomic mass is 10.1. The van der Waals surface area contributed by atoms with Gasteiger partial charge < -0.3 is 10.6 Å². The van der Waals surface area contributed by atoms with Gasteiger partial charge in [-0.3, -0.25) is 4.79 Å². The van der Waals surface area contributed by atoms with Crippen LogP contribution in [0.25, 0.3) is 0 Å². The Kier molecular flexibility index (Phi) is 5.03. The van der Waals surface area contributed by atoms with Crippen molar-refractivity contribution in [1.82, 2.24) is 10.6 Å². The zero-order chi connectivity index (χ0) is 13.0. The van der Waals surface area contributed by atoms with Crippen LogP contribution in [0.3, 0.4) is 0 Å². The van der Waals surface area contributed by atoms with Gasteiger partial charge in [0.15, 0.2) is 0 Å². The molecule has 0 aromatic heterocycles. The molecule has 1 aliphatic heterocycles. The summed E-state index contributed by atoms with van der Waals surface area (Å²) in [5.41, 5.74) is 1.88. The second-order valence-electron chi connectivity index (χ2n) is 4.13. The molecular weight excluding hydrogens is 363 g/mol. The first-order valence-electron chi connectivity index (χ1n) is 5.78. The van der Waals surface area contributed by atoms with Crippen molar-refractivity contribution >= 4 is 40.1 Å². The van der Waals surface area contributed by atoms with Gasteiger partial charge in [0.05, 0.1) is 5.02 Å². The molecule has 0 fully saturated rings. The fraction of sp³-hybridized carbons (Fsp3) is 0.308. The Labute approximate surface area is 125 Å². The fourth-order valence-corrected chi connectivity index (χ4v) is 2.28. The Morgan fingerprint density at radius 3 is 3.00 bits per heavy atom. The first-order chi connectivity index (χ1) is 8.66. The number of amides is 1. The Balaban J connectivity index is 1.95. The van der Waals surface area contributed by atoms with Crippen LogP contribution in [-0.2, 0) is 0 Å². The zero-order valence-corrected chi connectivity index (χ0v) is 12.7. The van der Waals surface area contributed by atoms with E-state index in [1.807, 2.05) is 6.07 Å². The lowest BCUT2D eigenvalue weighted by Gasteiger charge is -2.14. The minimum Gasteiger partial charge on any atom is -0.348 e. The standard InChI is InChI=1S/C13H14ClIN2O/c14-11-7-10(1-2-12(11)15)13(18)17-8-9-3-5-16-6-4-9/h1-3,7,16H,4-6,8H2,(H,17,18). The molecule has 5 heteroatoms. The van der Waals surface area contributed by atoms with E-state index >= 15 is 0 Å². The quantitative estimate of drug-likeness (QED) is 0.629. The van der Waals surface area contributed by atoms with Crippen molar-refractivity contribution in [2.24, 2.45) is 0 Å². The van der Waals surface area contributed by atoms with E-state index in [1.165, 1.54) is 5.57 Å². The van der Waals surface area contributed by atoms with Crippen LogP contribution >= 0.6 is 34.2 Å². The predicted molar refractivity (Wildman–Crippen MR) is 82.1 cm³/mol.